The van der Waals surface area contributed by atoms with Crippen molar-refractivity contribution < 1.29 is 17.9 Å². The summed E-state index contributed by atoms with van der Waals surface area (Å²) >= 11 is 0. The molecule has 0 atom stereocenters. The summed E-state index contributed by atoms with van der Waals surface area (Å²) in [5.41, 5.74) is 3.83. The summed E-state index contributed by atoms with van der Waals surface area (Å²) in [6, 6.07) is 13.5. The summed E-state index contributed by atoms with van der Waals surface area (Å²) < 4.78 is 35.8. The maximum absolute atomic E-state index is 12.3. The molecule has 30 heavy (non-hydrogen) atoms. The van der Waals surface area contributed by atoms with Crippen molar-refractivity contribution in [1.82, 2.24) is 4.90 Å². The molecule has 160 valence electrons. The van der Waals surface area contributed by atoms with Gasteiger partial charge in [-0.3, -0.25) is 0 Å². The molecule has 0 fully saturated rings. The highest BCUT2D eigenvalue weighted by Gasteiger charge is 2.09. The number of nitrogens with zero attached hydrogens (tertiary/aromatic N) is 1. The Labute approximate surface area is 175 Å². The molecular weight excluding hydrogens is 388 g/mol. The maximum Gasteiger partial charge on any atom is 0.339 e. The quantitative estimate of drug-likeness (QED) is 0.435. The Morgan fingerprint density at radius 1 is 1.07 bits per heavy atom. The molecule has 0 bridgehead atoms. The normalized spacial score (nSPS) is 11.6. The molecule has 0 saturated carbocycles. The van der Waals surface area contributed by atoms with E-state index in [9.17, 15) is 13.6 Å². The Morgan fingerprint density at radius 3 is 2.60 bits per heavy atom. The molecule has 0 N–H and O–H groups in total. The van der Waals surface area contributed by atoms with Crippen LogP contribution >= 0.6 is 0 Å². The van der Waals surface area contributed by atoms with Gasteiger partial charge in [0.2, 0.25) is 6.43 Å². The monoisotopic (exact) mass is 415 g/mol. The molecule has 2 aromatic carbocycles. The first-order valence-corrected chi connectivity index (χ1v) is 10.0. The molecule has 0 aliphatic carbocycles. The second-order valence-corrected chi connectivity index (χ2v) is 7.68. The van der Waals surface area contributed by atoms with Crippen LogP contribution in [0.1, 0.15) is 35.1 Å². The number of ether oxygens (including phenoxy) is 1. The minimum Gasteiger partial charge on any atom is -0.489 e. The third-order valence-electron chi connectivity index (χ3n) is 5.24. The SMILES string of the molecule is Cc1c(C)c2ccc(OCc3cccc(CN(C)CCCC(F)F)c3)cc2oc1=O. The zero-order chi connectivity index (χ0) is 21.7. The van der Waals surface area contributed by atoms with Crippen LogP contribution in [0.15, 0.2) is 51.7 Å². The smallest absolute Gasteiger partial charge is 0.339 e. The van der Waals surface area contributed by atoms with E-state index in [4.69, 9.17) is 9.15 Å². The first-order chi connectivity index (χ1) is 14.3. The van der Waals surface area contributed by atoms with Gasteiger partial charge in [-0.25, -0.2) is 13.6 Å². The van der Waals surface area contributed by atoms with Crippen LogP contribution in [-0.2, 0) is 13.2 Å². The van der Waals surface area contributed by atoms with Gasteiger partial charge in [0.1, 0.15) is 17.9 Å². The lowest BCUT2D eigenvalue weighted by Gasteiger charge is -2.17. The van der Waals surface area contributed by atoms with Gasteiger partial charge in [0, 0.05) is 30.0 Å². The lowest BCUT2D eigenvalue weighted by atomic mass is 10.1. The highest BCUT2D eigenvalue weighted by Crippen LogP contribution is 2.24. The van der Waals surface area contributed by atoms with Gasteiger partial charge >= 0.3 is 5.63 Å². The van der Waals surface area contributed by atoms with Crippen molar-refractivity contribution in [3.05, 3.63) is 75.1 Å². The number of aryl methyl sites for hydroxylation is 1. The Balaban J connectivity index is 1.63. The van der Waals surface area contributed by atoms with Gasteiger partial charge in [0.15, 0.2) is 0 Å². The summed E-state index contributed by atoms with van der Waals surface area (Å²) in [6.45, 7) is 5.37. The molecule has 0 spiro atoms. The zero-order valence-corrected chi connectivity index (χ0v) is 17.6. The van der Waals surface area contributed by atoms with Gasteiger partial charge in [-0.15, -0.1) is 0 Å². The molecule has 3 aromatic rings. The molecule has 0 unspecified atom stereocenters. The summed E-state index contributed by atoms with van der Waals surface area (Å²) in [6.07, 6.45) is -1.83. The molecule has 1 aromatic heterocycles. The highest BCUT2D eigenvalue weighted by atomic mass is 19.3. The van der Waals surface area contributed by atoms with E-state index in [0.29, 0.717) is 43.0 Å². The number of hydrogen-bond acceptors (Lipinski definition) is 4. The molecule has 6 heteroatoms. The van der Waals surface area contributed by atoms with Crippen molar-refractivity contribution in [1.29, 1.82) is 0 Å². The number of benzene rings is 2. The molecule has 4 nitrogen and oxygen atoms in total. The van der Waals surface area contributed by atoms with E-state index in [1.807, 2.05) is 49.2 Å². The second-order valence-electron chi connectivity index (χ2n) is 7.68. The number of fused-ring (bicyclic) bond motifs is 1. The summed E-state index contributed by atoms with van der Waals surface area (Å²) in [5.74, 6) is 0.628. The van der Waals surface area contributed by atoms with Crippen LogP contribution in [-0.4, -0.2) is 24.9 Å². The van der Waals surface area contributed by atoms with Crippen molar-refractivity contribution in [2.75, 3.05) is 13.6 Å². The van der Waals surface area contributed by atoms with Crippen LogP contribution in [0.3, 0.4) is 0 Å². The van der Waals surface area contributed by atoms with Crippen molar-refractivity contribution in [2.45, 2.75) is 46.3 Å². The fourth-order valence-electron chi connectivity index (χ4n) is 3.41. The van der Waals surface area contributed by atoms with Crippen LogP contribution in [0.4, 0.5) is 8.78 Å². The molecule has 3 rings (SSSR count). The standard InChI is InChI=1S/C24H27F2NO3/c1-16-17(2)24(28)30-22-13-20(9-10-21(16)22)29-15-19-7-4-6-18(12-19)14-27(3)11-5-8-23(25)26/h4,6-7,9-10,12-13,23H,5,8,11,14-15H2,1-3H3. The van der Waals surface area contributed by atoms with Gasteiger partial charge in [-0.2, -0.15) is 0 Å². The lowest BCUT2D eigenvalue weighted by molar-refractivity contribution is 0.129. The van der Waals surface area contributed by atoms with Gasteiger partial charge < -0.3 is 14.1 Å². The summed E-state index contributed by atoms with van der Waals surface area (Å²) in [5, 5.41) is 0.899. The third-order valence-corrected chi connectivity index (χ3v) is 5.24. The van der Waals surface area contributed by atoms with E-state index in [2.05, 4.69) is 6.07 Å². The number of alkyl halides is 2. The lowest BCUT2D eigenvalue weighted by Crippen LogP contribution is -2.19. The Kier molecular flexibility index (Phi) is 7.21. The van der Waals surface area contributed by atoms with Gasteiger partial charge in [0.05, 0.1) is 0 Å². The van der Waals surface area contributed by atoms with Crippen LogP contribution in [0, 0.1) is 13.8 Å². The molecule has 0 aliphatic rings. The third kappa shape index (κ3) is 5.66. The summed E-state index contributed by atoms with van der Waals surface area (Å²) in [7, 11) is 1.93. The van der Waals surface area contributed by atoms with Crippen molar-refractivity contribution in [3.8, 4) is 5.75 Å². The van der Waals surface area contributed by atoms with E-state index in [-0.39, 0.29) is 12.0 Å². The van der Waals surface area contributed by atoms with Crippen molar-refractivity contribution in [2.24, 2.45) is 0 Å². The first-order valence-electron chi connectivity index (χ1n) is 10.0. The second kappa shape index (κ2) is 9.85. The van der Waals surface area contributed by atoms with E-state index in [1.165, 1.54) is 0 Å². The van der Waals surface area contributed by atoms with Gasteiger partial charge in [-0.1, -0.05) is 24.3 Å². The number of rotatable bonds is 9. The molecule has 1 heterocycles. The topological polar surface area (TPSA) is 42.7 Å². The Hall–Kier alpha value is -2.73. The predicted octanol–water partition coefficient (Wildman–Crippen LogP) is 5.47. The highest BCUT2D eigenvalue weighted by molar-refractivity contribution is 5.82. The minimum atomic E-state index is -2.24. The molecular formula is C24H27F2NO3. The van der Waals surface area contributed by atoms with Crippen LogP contribution in [0.2, 0.25) is 0 Å². The predicted molar refractivity (Wildman–Crippen MR) is 114 cm³/mol. The molecule has 0 aliphatic heterocycles. The molecule has 0 radical (unpaired) electrons. The Morgan fingerprint density at radius 2 is 1.83 bits per heavy atom. The van der Waals surface area contributed by atoms with Crippen molar-refractivity contribution >= 4 is 11.0 Å². The van der Waals surface area contributed by atoms with Crippen LogP contribution < -0.4 is 10.4 Å². The zero-order valence-electron chi connectivity index (χ0n) is 17.6. The van der Waals surface area contributed by atoms with Gasteiger partial charge in [-0.05, 0) is 62.7 Å². The van der Waals surface area contributed by atoms with E-state index >= 15 is 0 Å². The van der Waals surface area contributed by atoms with Crippen LogP contribution in [0.25, 0.3) is 11.0 Å². The van der Waals surface area contributed by atoms with E-state index in [0.717, 1.165) is 22.1 Å². The number of halogens is 2. The van der Waals surface area contributed by atoms with Gasteiger partial charge in [0.25, 0.3) is 0 Å². The number of hydrogen-bond donors (Lipinski definition) is 0. The van der Waals surface area contributed by atoms with Crippen LogP contribution in [0.5, 0.6) is 5.75 Å². The van der Waals surface area contributed by atoms with E-state index < -0.39 is 6.43 Å². The fourth-order valence-corrected chi connectivity index (χ4v) is 3.41. The van der Waals surface area contributed by atoms with E-state index in [1.54, 1.807) is 13.0 Å². The molecule has 0 amide bonds. The Bertz CT molecular complexity index is 1060. The average Bonchev–Trinajstić information content (AvgIpc) is 2.70. The first kappa shape index (κ1) is 22.0. The maximum atomic E-state index is 12.3. The van der Waals surface area contributed by atoms with Crippen molar-refractivity contribution in [3.63, 3.8) is 0 Å². The minimum absolute atomic E-state index is 0.0663. The molecule has 0 saturated heterocycles. The fraction of sp³-hybridized carbons (Fsp3) is 0.375. The summed E-state index contributed by atoms with van der Waals surface area (Å²) in [4.78, 5) is 14.0. The largest absolute Gasteiger partial charge is 0.489 e. The average molecular weight is 415 g/mol.